The van der Waals surface area contributed by atoms with Crippen molar-refractivity contribution in [1.82, 2.24) is 4.90 Å². The Kier molecular flexibility index (Phi) is 5.20. The fourth-order valence-corrected chi connectivity index (χ4v) is 2.97. The highest BCUT2D eigenvalue weighted by molar-refractivity contribution is 5.81. The first-order valence-corrected chi connectivity index (χ1v) is 8.43. The lowest BCUT2D eigenvalue weighted by molar-refractivity contribution is -0.138. The van der Waals surface area contributed by atoms with E-state index in [1.807, 2.05) is 23.1 Å². The molecule has 1 unspecified atom stereocenters. The summed E-state index contributed by atoms with van der Waals surface area (Å²) in [5.41, 5.74) is 1.71. The van der Waals surface area contributed by atoms with Crippen LogP contribution >= 0.6 is 0 Å². The minimum atomic E-state index is -0.572. The lowest BCUT2D eigenvalue weighted by Crippen LogP contribution is -2.52. The molecule has 0 aromatic heterocycles. The smallest absolute Gasteiger partial charge is 0.263 e. The summed E-state index contributed by atoms with van der Waals surface area (Å²) in [7, 11) is 0. The second-order valence-electron chi connectivity index (χ2n) is 6.05. The molecule has 0 N–H and O–H groups in total. The molecular weight excluding hydrogens is 314 g/mol. The average Bonchev–Trinajstić information content (AvgIpc) is 2.68. The summed E-state index contributed by atoms with van der Waals surface area (Å²) in [5.74, 6) is 0.526. The van der Waals surface area contributed by atoms with Crippen LogP contribution in [-0.2, 0) is 4.79 Å². The maximum absolute atomic E-state index is 12.6. The normalized spacial score (nSPS) is 15.4. The first kappa shape index (κ1) is 16.8. The number of amides is 1. The van der Waals surface area contributed by atoms with Crippen LogP contribution in [0.3, 0.4) is 0 Å². The van der Waals surface area contributed by atoms with Crippen LogP contribution in [0.25, 0.3) is 0 Å². The SMILES string of the molecule is CC(Oc1cccc(C#N)c1)C(=O)N1CCN(c2ccccc2)CC1. The van der Waals surface area contributed by atoms with Gasteiger partial charge >= 0.3 is 0 Å². The van der Waals surface area contributed by atoms with Crippen molar-refractivity contribution in [2.24, 2.45) is 0 Å². The molecule has 5 nitrogen and oxygen atoms in total. The first-order valence-electron chi connectivity index (χ1n) is 8.43. The Morgan fingerprint density at radius 2 is 1.80 bits per heavy atom. The zero-order valence-electron chi connectivity index (χ0n) is 14.3. The number of hydrogen-bond acceptors (Lipinski definition) is 4. The van der Waals surface area contributed by atoms with Crippen molar-refractivity contribution in [2.45, 2.75) is 13.0 Å². The van der Waals surface area contributed by atoms with Gasteiger partial charge in [-0.25, -0.2) is 0 Å². The van der Waals surface area contributed by atoms with E-state index < -0.39 is 6.10 Å². The van der Waals surface area contributed by atoms with Gasteiger partial charge in [-0.3, -0.25) is 4.79 Å². The van der Waals surface area contributed by atoms with Crippen molar-refractivity contribution in [3.63, 3.8) is 0 Å². The number of carbonyl (C=O) groups excluding carboxylic acids is 1. The molecule has 25 heavy (non-hydrogen) atoms. The van der Waals surface area contributed by atoms with Crippen molar-refractivity contribution in [1.29, 1.82) is 5.26 Å². The molecule has 1 fully saturated rings. The van der Waals surface area contributed by atoms with Gasteiger partial charge in [-0.05, 0) is 37.3 Å². The molecule has 2 aromatic rings. The largest absolute Gasteiger partial charge is 0.481 e. The fourth-order valence-electron chi connectivity index (χ4n) is 2.97. The Hall–Kier alpha value is -3.00. The van der Waals surface area contributed by atoms with Crippen molar-refractivity contribution in [3.05, 3.63) is 60.2 Å². The topological polar surface area (TPSA) is 56.6 Å². The molecule has 0 bridgehead atoms. The summed E-state index contributed by atoms with van der Waals surface area (Å²) in [6.45, 7) is 4.74. The third-order valence-electron chi connectivity index (χ3n) is 4.34. The lowest BCUT2D eigenvalue weighted by atomic mass is 10.2. The maximum atomic E-state index is 12.6. The van der Waals surface area contributed by atoms with Gasteiger partial charge in [0.2, 0.25) is 0 Å². The first-order chi connectivity index (χ1) is 12.2. The Labute approximate surface area is 148 Å². The van der Waals surface area contributed by atoms with Gasteiger partial charge in [-0.15, -0.1) is 0 Å². The molecule has 1 saturated heterocycles. The van der Waals surface area contributed by atoms with Gasteiger partial charge in [0, 0.05) is 31.9 Å². The Bertz CT molecular complexity index is 762. The predicted octanol–water partition coefficient (Wildman–Crippen LogP) is 2.67. The lowest BCUT2D eigenvalue weighted by Gasteiger charge is -2.37. The number of carbonyl (C=O) groups is 1. The van der Waals surface area contributed by atoms with Gasteiger partial charge in [0.1, 0.15) is 5.75 Å². The summed E-state index contributed by atoms with van der Waals surface area (Å²) in [6, 6.07) is 19.2. The number of nitriles is 1. The zero-order valence-corrected chi connectivity index (χ0v) is 14.3. The molecule has 0 radical (unpaired) electrons. The highest BCUT2D eigenvalue weighted by atomic mass is 16.5. The summed E-state index contributed by atoms with van der Waals surface area (Å²) >= 11 is 0. The molecule has 0 saturated carbocycles. The van der Waals surface area contributed by atoms with E-state index in [0.29, 0.717) is 24.4 Å². The molecular formula is C20H21N3O2. The molecule has 0 aliphatic carbocycles. The molecule has 1 heterocycles. The van der Waals surface area contributed by atoms with Crippen LogP contribution in [0.5, 0.6) is 5.75 Å². The van der Waals surface area contributed by atoms with E-state index in [9.17, 15) is 4.79 Å². The van der Waals surface area contributed by atoms with Crippen molar-refractivity contribution >= 4 is 11.6 Å². The summed E-state index contributed by atoms with van der Waals surface area (Å²) in [4.78, 5) is 16.7. The number of ether oxygens (including phenoxy) is 1. The number of anilines is 1. The van der Waals surface area contributed by atoms with Gasteiger partial charge in [0.15, 0.2) is 6.10 Å². The molecule has 1 amide bonds. The Morgan fingerprint density at radius 3 is 2.48 bits per heavy atom. The summed E-state index contributed by atoms with van der Waals surface area (Å²) in [5, 5.41) is 8.94. The number of para-hydroxylation sites is 1. The van der Waals surface area contributed by atoms with Crippen LogP contribution in [0.1, 0.15) is 12.5 Å². The van der Waals surface area contributed by atoms with Crippen molar-refractivity contribution < 1.29 is 9.53 Å². The number of piperazine rings is 1. The minimum Gasteiger partial charge on any atom is -0.481 e. The molecule has 1 atom stereocenters. The van der Waals surface area contributed by atoms with E-state index in [-0.39, 0.29) is 5.91 Å². The third-order valence-corrected chi connectivity index (χ3v) is 4.34. The van der Waals surface area contributed by atoms with E-state index in [0.717, 1.165) is 13.1 Å². The monoisotopic (exact) mass is 335 g/mol. The van der Waals surface area contributed by atoms with Gasteiger partial charge < -0.3 is 14.5 Å². The number of hydrogen-bond donors (Lipinski definition) is 0. The number of benzene rings is 2. The second kappa shape index (κ2) is 7.71. The van der Waals surface area contributed by atoms with Gasteiger partial charge in [0.05, 0.1) is 11.6 Å². The highest BCUT2D eigenvalue weighted by Crippen LogP contribution is 2.18. The molecule has 0 spiro atoms. The fraction of sp³-hybridized carbons (Fsp3) is 0.300. The number of rotatable bonds is 4. The van der Waals surface area contributed by atoms with Crippen LogP contribution < -0.4 is 9.64 Å². The molecule has 2 aromatic carbocycles. The van der Waals surface area contributed by atoms with Gasteiger partial charge in [0.25, 0.3) is 5.91 Å². The standard InChI is InChI=1S/C20H21N3O2/c1-16(25-19-9-5-6-17(14-19)15-21)20(24)23-12-10-22(11-13-23)18-7-3-2-4-8-18/h2-9,14,16H,10-13H2,1H3. The van der Waals surface area contributed by atoms with Crippen molar-refractivity contribution in [2.75, 3.05) is 31.1 Å². The quantitative estimate of drug-likeness (QED) is 0.862. The molecule has 1 aliphatic heterocycles. The van der Waals surface area contributed by atoms with Gasteiger partial charge in [-0.2, -0.15) is 5.26 Å². The van der Waals surface area contributed by atoms with Gasteiger partial charge in [-0.1, -0.05) is 24.3 Å². The van der Waals surface area contributed by atoms with E-state index >= 15 is 0 Å². The molecule has 5 heteroatoms. The minimum absolute atomic E-state index is 0.0185. The van der Waals surface area contributed by atoms with Crippen LogP contribution in [0.15, 0.2) is 54.6 Å². The van der Waals surface area contributed by atoms with Crippen molar-refractivity contribution in [3.8, 4) is 11.8 Å². The highest BCUT2D eigenvalue weighted by Gasteiger charge is 2.26. The summed E-state index contributed by atoms with van der Waals surface area (Å²) < 4.78 is 5.73. The van der Waals surface area contributed by atoms with E-state index in [4.69, 9.17) is 10.00 Å². The predicted molar refractivity (Wildman–Crippen MR) is 96.5 cm³/mol. The molecule has 128 valence electrons. The number of nitrogens with zero attached hydrogens (tertiary/aromatic N) is 3. The van der Waals surface area contributed by atoms with Crippen LogP contribution in [-0.4, -0.2) is 43.1 Å². The second-order valence-corrected chi connectivity index (χ2v) is 6.05. The third kappa shape index (κ3) is 4.10. The molecule has 3 rings (SSSR count). The Balaban J connectivity index is 1.56. The van der Waals surface area contributed by atoms with Crippen LogP contribution in [0.4, 0.5) is 5.69 Å². The van der Waals surface area contributed by atoms with E-state index in [1.165, 1.54) is 5.69 Å². The van der Waals surface area contributed by atoms with E-state index in [1.54, 1.807) is 31.2 Å². The van der Waals surface area contributed by atoms with Crippen LogP contribution in [0.2, 0.25) is 0 Å². The maximum Gasteiger partial charge on any atom is 0.263 e. The zero-order chi connectivity index (χ0) is 17.6. The Morgan fingerprint density at radius 1 is 1.08 bits per heavy atom. The van der Waals surface area contributed by atoms with Crippen LogP contribution in [0, 0.1) is 11.3 Å². The average molecular weight is 335 g/mol. The summed E-state index contributed by atoms with van der Waals surface area (Å²) in [6.07, 6.45) is -0.572. The molecule has 1 aliphatic rings. The van der Waals surface area contributed by atoms with E-state index in [2.05, 4.69) is 23.1 Å².